The molecule has 7 nitrogen and oxygen atoms in total. The van der Waals surface area contributed by atoms with E-state index in [0.29, 0.717) is 12.2 Å². The number of hydrogen-bond acceptors (Lipinski definition) is 3. The smallest absolute Gasteiger partial charge is 0.319 e. The third kappa shape index (κ3) is 6.68. The summed E-state index contributed by atoms with van der Waals surface area (Å²) in [6.07, 6.45) is 0.751. The summed E-state index contributed by atoms with van der Waals surface area (Å²) < 4.78 is 0. The molecule has 24 heavy (non-hydrogen) atoms. The normalized spacial score (nSPS) is 10.0. The van der Waals surface area contributed by atoms with Gasteiger partial charge in [-0.05, 0) is 25.5 Å². The number of benzene rings is 1. The van der Waals surface area contributed by atoms with Gasteiger partial charge in [-0.1, -0.05) is 24.6 Å². The average Bonchev–Trinajstić information content (AvgIpc) is 2.54. The Hall–Kier alpha value is -2.57. The van der Waals surface area contributed by atoms with Gasteiger partial charge in [-0.15, -0.1) is 0 Å². The first-order chi connectivity index (χ1) is 11.3. The maximum absolute atomic E-state index is 12.0. The Labute approximate surface area is 143 Å². The van der Waals surface area contributed by atoms with Gasteiger partial charge in [0.25, 0.3) is 0 Å². The summed E-state index contributed by atoms with van der Waals surface area (Å²) in [5.41, 5.74) is 1.78. The van der Waals surface area contributed by atoms with E-state index < -0.39 is 0 Å². The predicted octanol–water partition coefficient (Wildman–Crippen LogP) is 1.44. The van der Waals surface area contributed by atoms with E-state index in [4.69, 9.17) is 0 Å². The predicted molar refractivity (Wildman–Crippen MR) is 93.8 cm³/mol. The highest BCUT2D eigenvalue weighted by Crippen LogP contribution is 2.07. The van der Waals surface area contributed by atoms with Gasteiger partial charge in [0.15, 0.2) is 0 Å². The number of aryl methyl sites for hydroxylation is 1. The molecule has 1 aromatic rings. The van der Waals surface area contributed by atoms with Gasteiger partial charge in [0.1, 0.15) is 6.54 Å². The molecule has 0 saturated carbocycles. The van der Waals surface area contributed by atoms with Crippen LogP contribution in [0.2, 0.25) is 0 Å². The SMILES string of the molecule is CCCN(CC(=O)NCC(=O)Nc1ccc(C)cc1)C(=O)N(C)C. The van der Waals surface area contributed by atoms with Crippen LogP contribution in [0.5, 0.6) is 0 Å². The summed E-state index contributed by atoms with van der Waals surface area (Å²) in [6.45, 7) is 4.18. The van der Waals surface area contributed by atoms with E-state index in [2.05, 4.69) is 10.6 Å². The second-order valence-corrected chi connectivity index (χ2v) is 5.79. The molecule has 0 heterocycles. The molecule has 1 rings (SSSR count). The fraction of sp³-hybridized carbons (Fsp3) is 0.471. The maximum Gasteiger partial charge on any atom is 0.319 e. The van der Waals surface area contributed by atoms with Crippen LogP contribution in [-0.4, -0.2) is 61.4 Å². The van der Waals surface area contributed by atoms with Crippen molar-refractivity contribution >= 4 is 23.5 Å². The zero-order valence-corrected chi connectivity index (χ0v) is 14.8. The fourth-order valence-corrected chi connectivity index (χ4v) is 2.05. The first-order valence-corrected chi connectivity index (χ1v) is 7.93. The van der Waals surface area contributed by atoms with Crippen LogP contribution in [0, 0.1) is 6.92 Å². The van der Waals surface area contributed by atoms with Crippen LogP contribution >= 0.6 is 0 Å². The van der Waals surface area contributed by atoms with Crippen LogP contribution in [-0.2, 0) is 9.59 Å². The van der Waals surface area contributed by atoms with E-state index >= 15 is 0 Å². The standard InChI is InChI=1S/C17H26N4O3/c1-5-10-21(17(24)20(3)4)12-16(23)18-11-15(22)19-14-8-6-13(2)7-9-14/h6-9H,5,10-12H2,1-4H3,(H,18,23)(H,19,22). The van der Waals surface area contributed by atoms with E-state index in [9.17, 15) is 14.4 Å². The van der Waals surface area contributed by atoms with E-state index in [1.807, 2.05) is 26.0 Å². The number of nitrogens with one attached hydrogen (secondary N) is 2. The summed E-state index contributed by atoms with van der Waals surface area (Å²) in [6, 6.07) is 7.16. The highest BCUT2D eigenvalue weighted by atomic mass is 16.2. The van der Waals surface area contributed by atoms with Gasteiger partial charge in [-0.2, -0.15) is 0 Å². The van der Waals surface area contributed by atoms with Crippen LogP contribution < -0.4 is 10.6 Å². The lowest BCUT2D eigenvalue weighted by Gasteiger charge is -2.25. The Morgan fingerprint density at radius 1 is 1.04 bits per heavy atom. The summed E-state index contributed by atoms with van der Waals surface area (Å²) in [4.78, 5) is 38.6. The van der Waals surface area contributed by atoms with Gasteiger partial charge < -0.3 is 20.4 Å². The fourth-order valence-electron chi connectivity index (χ4n) is 2.05. The second kappa shape index (κ2) is 9.54. The minimum Gasteiger partial charge on any atom is -0.345 e. The van der Waals surface area contributed by atoms with Crippen molar-refractivity contribution in [2.45, 2.75) is 20.3 Å². The van der Waals surface area contributed by atoms with E-state index in [1.54, 1.807) is 26.2 Å². The van der Waals surface area contributed by atoms with Crippen molar-refractivity contribution < 1.29 is 14.4 Å². The molecule has 7 heteroatoms. The summed E-state index contributed by atoms with van der Waals surface area (Å²) in [7, 11) is 3.27. The van der Waals surface area contributed by atoms with Gasteiger partial charge in [-0.3, -0.25) is 9.59 Å². The summed E-state index contributed by atoms with van der Waals surface area (Å²) in [5.74, 6) is -0.675. The first kappa shape index (κ1) is 19.5. The van der Waals surface area contributed by atoms with E-state index in [1.165, 1.54) is 9.80 Å². The minimum absolute atomic E-state index is 0.0668. The van der Waals surface area contributed by atoms with Crippen molar-refractivity contribution in [1.82, 2.24) is 15.1 Å². The third-order valence-corrected chi connectivity index (χ3v) is 3.26. The lowest BCUT2D eigenvalue weighted by molar-refractivity contribution is -0.124. The number of hydrogen-bond donors (Lipinski definition) is 2. The zero-order chi connectivity index (χ0) is 18.1. The maximum atomic E-state index is 12.0. The van der Waals surface area contributed by atoms with Crippen LogP contribution in [0.3, 0.4) is 0 Å². The highest BCUT2D eigenvalue weighted by Gasteiger charge is 2.18. The van der Waals surface area contributed by atoms with Crippen molar-refractivity contribution in [3.8, 4) is 0 Å². The van der Waals surface area contributed by atoms with Gasteiger partial charge in [0.05, 0.1) is 6.54 Å². The number of rotatable bonds is 7. The number of amides is 4. The molecule has 4 amide bonds. The molecule has 0 aliphatic carbocycles. The molecule has 132 valence electrons. The molecule has 0 atom stereocenters. The Morgan fingerprint density at radius 2 is 1.67 bits per heavy atom. The van der Waals surface area contributed by atoms with E-state index in [0.717, 1.165) is 12.0 Å². The van der Waals surface area contributed by atoms with Crippen LogP contribution in [0.25, 0.3) is 0 Å². The van der Waals surface area contributed by atoms with Gasteiger partial charge in [0, 0.05) is 26.3 Å². The van der Waals surface area contributed by atoms with E-state index in [-0.39, 0.29) is 30.9 Å². The number of nitrogens with zero attached hydrogens (tertiary/aromatic N) is 2. The highest BCUT2D eigenvalue weighted by molar-refractivity contribution is 5.95. The van der Waals surface area contributed by atoms with Gasteiger partial charge in [0.2, 0.25) is 11.8 Å². The second-order valence-electron chi connectivity index (χ2n) is 5.79. The van der Waals surface area contributed by atoms with Crippen molar-refractivity contribution in [3.63, 3.8) is 0 Å². The molecule has 0 spiro atoms. The molecule has 0 fully saturated rings. The number of carbonyl (C=O) groups excluding carboxylic acids is 3. The Bertz CT molecular complexity index is 570. The topological polar surface area (TPSA) is 81.8 Å². The van der Waals surface area contributed by atoms with Crippen LogP contribution in [0.1, 0.15) is 18.9 Å². The number of anilines is 1. The Kier molecular flexibility index (Phi) is 7.74. The molecule has 0 aromatic heterocycles. The van der Waals surface area contributed by atoms with Crippen molar-refractivity contribution in [2.24, 2.45) is 0 Å². The Balaban J connectivity index is 2.44. The van der Waals surface area contributed by atoms with Crippen molar-refractivity contribution in [1.29, 1.82) is 0 Å². The third-order valence-electron chi connectivity index (χ3n) is 3.26. The molecule has 0 saturated heterocycles. The lowest BCUT2D eigenvalue weighted by atomic mass is 10.2. The molecule has 1 aromatic carbocycles. The van der Waals surface area contributed by atoms with Gasteiger partial charge in [-0.25, -0.2) is 4.79 Å². The molecule has 0 unspecified atom stereocenters. The molecular weight excluding hydrogens is 308 g/mol. The van der Waals surface area contributed by atoms with Crippen LogP contribution in [0.15, 0.2) is 24.3 Å². The van der Waals surface area contributed by atoms with Crippen LogP contribution in [0.4, 0.5) is 10.5 Å². The number of urea groups is 1. The zero-order valence-electron chi connectivity index (χ0n) is 14.8. The lowest BCUT2D eigenvalue weighted by Crippen LogP contribution is -2.46. The molecule has 0 bridgehead atoms. The molecule has 0 aliphatic heterocycles. The minimum atomic E-state index is -0.363. The van der Waals surface area contributed by atoms with Crippen molar-refractivity contribution in [2.75, 3.05) is 39.0 Å². The summed E-state index contributed by atoms with van der Waals surface area (Å²) >= 11 is 0. The molecule has 2 N–H and O–H groups in total. The van der Waals surface area contributed by atoms with Gasteiger partial charge >= 0.3 is 6.03 Å². The molecule has 0 aliphatic rings. The average molecular weight is 334 g/mol. The Morgan fingerprint density at radius 3 is 2.21 bits per heavy atom. The summed E-state index contributed by atoms with van der Waals surface area (Å²) in [5, 5.41) is 5.23. The largest absolute Gasteiger partial charge is 0.345 e. The quantitative estimate of drug-likeness (QED) is 0.792. The monoisotopic (exact) mass is 334 g/mol. The first-order valence-electron chi connectivity index (χ1n) is 7.93. The molecular formula is C17H26N4O3. The molecule has 0 radical (unpaired) electrons. The number of carbonyl (C=O) groups is 3. The van der Waals surface area contributed by atoms with Crippen molar-refractivity contribution in [3.05, 3.63) is 29.8 Å².